The van der Waals surface area contributed by atoms with E-state index in [0.29, 0.717) is 30.5 Å². The number of fused-ring (bicyclic) bond motifs is 1. The molecule has 0 saturated carbocycles. The smallest absolute Gasteiger partial charge is 0.267 e. The van der Waals surface area contributed by atoms with E-state index < -0.39 is 11.5 Å². The maximum atomic E-state index is 12.8. The number of aryl methyl sites for hydroxylation is 1. The fourth-order valence-electron chi connectivity index (χ4n) is 3.02. The van der Waals surface area contributed by atoms with Gasteiger partial charge in [0, 0.05) is 29.5 Å². The third-order valence-electron chi connectivity index (χ3n) is 4.48. The van der Waals surface area contributed by atoms with Crippen molar-refractivity contribution in [1.82, 2.24) is 14.8 Å². The molecule has 1 heterocycles. The lowest BCUT2D eigenvalue weighted by Gasteiger charge is -2.18. The first-order valence-electron chi connectivity index (χ1n) is 9.00. The van der Waals surface area contributed by atoms with Gasteiger partial charge in [0.05, 0.1) is 5.52 Å². The highest BCUT2D eigenvalue weighted by atomic mass is 79.9. The predicted octanol–water partition coefficient (Wildman–Crippen LogP) is 3.37. The van der Waals surface area contributed by atoms with Crippen LogP contribution in [0.5, 0.6) is 5.75 Å². The molecule has 0 aliphatic rings. The van der Waals surface area contributed by atoms with Crippen LogP contribution in [-0.2, 0) is 6.54 Å². The number of pyridine rings is 1. The lowest BCUT2D eigenvalue weighted by molar-refractivity contribution is 0.0944. The number of aromatic hydroxyl groups is 1. The molecule has 2 rings (SSSR count). The molecule has 0 aliphatic carbocycles. The molecule has 1 amide bonds. The van der Waals surface area contributed by atoms with E-state index in [4.69, 9.17) is 0 Å². The molecule has 1 aromatic heterocycles. The molecule has 6 nitrogen and oxygen atoms in total. The second kappa shape index (κ2) is 10.7. The van der Waals surface area contributed by atoms with Crippen molar-refractivity contribution in [2.24, 2.45) is 0 Å². The fourth-order valence-corrected chi connectivity index (χ4v) is 3.38. The van der Waals surface area contributed by atoms with Crippen LogP contribution in [0.2, 0.25) is 0 Å². The summed E-state index contributed by atoms with van der Waals surface area (Å²) in [5.74, 6) is -0.801. The molecule has 0 saturated heterocycles. The summed E-state index contributed by atoms with van der Waals surface area (Å²) in [7, 11) is 0. The van der Waals surface area contributed by atoms with Gasteiger partial charge >= 0.3 is 0 Å². The number of hydrogen-bond donors (Lipinski definition) is 2. The van der Waals surface area contributed by atoms with E-state index in [1.54, 1.807) is 16.7 Å². The SMILES string of the molecule is CCCn1c(=O)c(C(=O)NCCN(CC)CC)c(O)c2cc(Br)ccc21.Cl. The highest BCUT2D eigenvalue weighted by Crippen LogP contribution is 2.29. The zero-order chi connectivity index (χ0) is 19.3. The number of rotatable bonds is 8. The van der Waals surface area contributed by atoms with Gasteiger partial charge in [0.1, 0.15) is 11.3 Å². The quantitative estimate of drug-likeness (QED) is 0.633. The van der Waals surface area contributed by atoms with E-state index in [2.05, 4.69) is 40.0 Å². The normalized spacial score (nSPS) is 10.9. The standard InChI is InChI=1S/C19H26BrN3O3.ClH/c1-4-10-23-15-8-7-13(20)12-14(15)17(24)16(19(23)26)18(25)21-9-11-22(5-2)6-3;/h7-8,12,24H,4-6,9-11H2,1-3H3,(H,21,25);1H. The maximum Gasteiger partial charge on any atom is 0.267 e. The maximum absolute atomic E-state index is 12.8. The number of hydrogen-bond acceptors (Lipinski definition) is 4. The summed E-state index contributed by atoms with van der Waals surface area (Å²) in [5, 5.41) is 13.9. The third kappa shape index (κ3) is 5.24. The Balaban J connectivity index is 0.00000364. The molecule has 150 valence electrons. The fraction of sp³-hybridized carbons (Fsp3) is 0.474. The van der Waals surface area contributed by atoms with Gasteiger partial charge < -0.3 is 19.9 Å². The summed E-state index contributed by atoms with van der Waals surface area (Å²) in [4.78, 5) is 27.6. The van der Waals surface area contributed by atoms with Crippen molar-refractivity contribution in [1.29, 1.82) is 0 Å². The average Bonchev–Trinajstić information content (AvgIpc) is 2.62. The highest BCUT2D eigenvalue weighted by Gasteiger charge is 2.22. The van der Waals surface area contributed by atoms with Gasteiger partial charge in [0.15, 0.2) is 0 Å². The minimum Gasteiger partial charge on any atom is -0.506 e. The van der Waals surface area contributed by atoms with Crippen LogP contribution in [0.4, 0.5) is 0 Å². The summed E-state index contributed by atoms with van der Waals surface area (Å²) in [6.45, 7) is 9.47. The molecular formula is C19H27BrClN3O3. The first-order valence-corrected chi connectivity index (χ1v) is 9.79. The van der Waals surface area contributed by atoms with Crippen LogP contribution in [0.3, 0.4) is 0 Å². The van der Waals surface area contributed by atoms with E-state index in [0.717, 1.165) is 24.0 Å². The molecule has 0 aliphatic heterocycles. The van der Waals surface area contributed by atoms with Crippen molar-refractivity contribution >= 4 is 45.1 Å². The Hall–Kier alpha value is -1.57. The first-order chi connectivity index (χ1) is 12.4. The Kier molecular flexibility index (Phi) is 9.29. The van der Waals surface area contributed by atoms with Crippen LogP contribution in [0, 0.1) is 0 Å². The van der Waals surface area contributed by atoms with Crippen molar-refractivity contribution < 1.29 is 9.90 Å². The second-order valence-corrected chi connectivity index (χ2v) is 7.04. The van der Waals surface area contributed by atoms with Crippen LogP contribution < -0.4 is 10.9 Å². The Bertz CT molecular complexity index is 850. The molecular weight excluding hydrogens is 434 g/mol. The molecule has 0 spiro atoms. The molecule has 0 unspecified atom stereocenters. The van der Waals surface area contributed by atoms with Gasteiger partial charge in [-0.25, -0.2) is 0 Å². The van der Waals surface area contributed by atoms with Gasteiger partial charge in [-0.1, -0.05) is 36.7 Å². The van der Waals surface area contributed by atoms with Gasteiger partial charge in [-0.2, -0.15) is 0 Å². The number of aromatic nitrogens is 1. The number of carbonyl (C=O) groups excluding carboxylic acids is 1. The topological polar surface area (TPSA) is 74.6 Å². The van der Waals surface area contributed by atoms with Crippen molar-refractivity contribution in [3.8, 4) is 5.75 Å². The summed E-state index contributed by atoms with van der Waals surface area (Å²) in [5.41, 5.74) is -0.0275. The Morgan fingerprint density at radius 3 is 2.52 bits per heavy atom. The zero-order valence-corrected chi connectivity index (χ0v) is 18.3. The average molecular weight is 461 g/mol. The number of nitrogens with zero attached hydrogens (tertiary/aromatic N) is 2. The van der Waals surface area contributed by atoms with Crippen LogP contribution in [0.15, 0.2) is 27.5 Å². The van der Waals surface area contributed by atoms with E-state index >= 15 is 0 Å². The van der Waals surface area contributed by atoms with Gasteiger partial charge in [0.25, 0.3) is 11.5 Å². The van der Waals surface area contributed by atoms with Crippen LogP contribution in [0.1, 0.15) is 37.6 Å². The van der Waals surface area contributed by atoms with E-state index in [-0.39, 0.29) is 23.7 Å². The summed E-state index contributed by atoms with van der Waals surface area (Å²) in [6.07, 6.45) is 0.749. The lowest BCUT2D eigenvalue weighted by atomic mass is 10.1. The van der Waals surface area contributed by atoms with Gasteiger partial charge in [-0.3, -0.25) is 9.59 Å². The number of halogens is 2. The molecule has 0 bridgehead atoms. The number of nitrogens with one attached hydrogen (secondary N) is 1. The monoisotopic (exact) mass is 459 g/mol. The minimum atomic E-state index is -0.536. The molecule has 0 radical (unpaired) electrons. The molecule has 2 N–H and O–H groups in total. The number of amides is 1. The Labute approximate surface area is 174 Å². The van der Waals surface area contributed by atoms with Gasteiger partial charge in [0.2, 0.25) is 0 Å². The molecule has 0 atom stereocenters. The molecule has 1 aromatic carbocycles. The van der Waals surface area contributed by atoms with E-state index in [1.807, 2.05) is 13.0 Å². The largest absolute Gasteiger partial charge is 0.506 e. The molecule has 0 fully saturated rings. The molecule has 8 heteroatoms. The third-order valence-corrected chi connectivity index (χ3v) is 4.98. The van der Waals surface area contributed by atoms with Crippen LogP contribution >= 0.6 is 28.3 Å². The Morgan fingerprint density at radius 2 is 1.93 bits per heavy atom. The lowest BCUT2D eigenvalue weighted by Crippen LogP contribution is -2.38. The second-order valence-electron chi connectivity index (χ2n) is 6.12. The van der Waals surface area contributed by atoms with Crippen LogP contribution in [-0.4, -0.2) is 46.7 Å². The summed E-state index contributed by atoms with van der Waals surface area (Å²) in [6, 6.07) is 5.32. The van der Waals surface area contributed by atoms with Gasteiger partial charge in [-0.05, 0) is 37.7 Å². The predicted molar refractivity (Wildman–Crippen MR) is 115 cm³/mol. The van der Waals surface area contributed by atoms with Crippen LogP contribution in [0.25, 0.3) is 10.9 Å². The highest BCUT2D eigenvalue weighted by molar-refractivity contribution is 9.10. The minimum absolute atomic E-state index is 0. The Morgan fingerprint density at radius 1 is 1.26 bits per heavy atom. The van der Waals surface area contributed by atoms with Crippen molar-refractivity contribution in [2.45, 2.75) is 33.7 Å². The number of likely N-dealkylation sites (N-methyl/N-ethyl adjacent to an activating group) is 1. The van der Waals surface area contributed by atoms with Gasteiger partial charge in [-0.15, -0.1) is 12.4 Å². The van der Waals surface area contributed by atoms with E-state index in [1.165, 1.54) is 0 Å². The van der Waals surface area contributed by atoms with Crippen molar-refractivity contribution in [3.63, 3.8) is 0 Å². The first kappa shape index (κ1) is 23.5. The zero-order valence-electron chi connectivity index (χ0n) is 15.9. The summed E-state index contributed by atoms with van der Waals surface area (Å²) >= 11 is 3.38. The van der Waals surface area contributed by atoms with Crippen molar-refractivity contribution in [3.05, 3.63) is 38.6 Å². The number of benzene rings is 1. The van der Waals surface area contributed by atoms with Crippen molar-refractivity contribution in [2.75, 3.05) is 26.2 Å². The number of carbonyl (C=O) groups is 1. The summed E-state index contributed by atoms with van der Waals surface area (Å²) < 4.78 is 2.33. The molecule has 27 heavy (non-hydrogen) atoms. The van der Waals surface area contributed by atoms with E-state index in [9.17, 15) is 14.7 Å². The molecule has 2 aromatic rings.